The van der Waals surface area contributed by atoms with Gasteiger partial charge < -0.3 is 9.64 Å². The zero-order valence-electron chi connectivity index (χ0n) is 18.3. The standard InChI is InChI=1S/C24H23ClN2O5S/c1-16-8-7-11-18(14-16)26-33(30,31)19-12-13-21(25)20(15-19)24(29)32-22(23(28)27(2)3)17-9-5-4-6-10-17/h4-15,22,26H,1-3H3/t22-/m0/s1. The Morgan fingerprint density at radius 1 is 0.970 bits per heavy atom. The van der Waals surface area contributed by atoms with Crippen molar-refractivity contribution in [2.24, 2.45) is 0 Å². The van der Waals surface area contributed by atoms with Gasteiger partial charge in [0.05, 0.1) is 15.5 Å². The van der Waals surface area contributed by atoms with E-state index < -0.39 is 28.0 Å². The second-order valence-corrected chi connectivity index (χ2v) is 9.63. The predicted molar refractivity (Wildman–Crippen MR) is 127 cm³/mol. The lowest BCUT2D eigenvalue weighted by molar-refractivity contribution is -0.138. The third-order valence-electron chi connectivity index (χ3n) is 4.73. The number of ether oxygens (including phenoxy) is 1. The van der Waals surface area contributed by atoms with Crippen LogP contribution in [0.2, 0.25) is 5.02 Å². The fourth-order valence-electron chi connectivity index (χ4n) is 3.04. The number of benzene rings is 3. The van der Waals surface area contributed by atoms with Crippen molar-refractivity contribution in [1.82, 2.24) is 4.90 Å². The molecule has 0 bridgehead atoms. The van der Waals surface area contributed by atoms with Crippen LogP contribution in [0.1, 0.15) is 27.6 Å². The van der Waals surface area contributed by atoms with Crippen LogP contribution < -0.4 is 4.72 Å². The number of hydrogen-bond acceptors (Lipinski definition) is 5. The highest BCUT2D eigenvalue weighted by Crippen LogP contribution is 2.27. The van der Waals surface area contributed by atoms with Crippen LogP contribution in [0.15, 0.2) is 77.7 Å². The predicted octanol–water partition coefficient (Wildman–Crippen LogP) is 4.44. The number of carbonyl (C=O) groups excluding carboxylic acids is 2. The Morgan fingerprint density at radius 3 is 2.30 bits per heavy atom. The van der Waals surface area contributed by atoms with Gasteiger partial charge in [-0.2, -0.15) is 0 Å². The van der Waals surface area contributed by atoms with Crippen molar-refractivity contribution in [1.29, 1.82) is 0 Å². The van der Waals surface area contributed by atoms with E-state index in [2.05, 4.69) is 4.72 Å². The highest BCUT2D eigenvalue weighted by molar-refractivity contribution is 7.92. The lowest BCUT2D eigenvalue weighted by Gasteiger charge is -2.21. The number of rotatable bonds is 7. The lowest BCUT2D eigenvalue weighted by atomic mass is 10.1. The van der Waals surface area contributed by atoms with Gasteiger partial charge in [-0.3, -0.25) is 9.52 Å². The van der Waals surface area contributed by atoms with E-state index in [0.29, 0.717) is 11.3 Å². The van der Waals surface area contributed by atoms with Gasteiger partial charge in [-0.15, -0.1) is 0 Å². The smallest absolute Gasteiger partial charge is 0.340 e. The Morgan fingerprint density at radius 2 is 1.67 bits per heavy atom. The molecule has 9 heteroatoms. The minimum absolute atomic E-state index is 0.00128. The normalized spacial score (nSPS) is 12.0. The van der Waals surface area contributed by atoms with Crippen molar-refractivity contribution < 1.29 is 22.7 Å². The molecule has 172 valence electrons. The highest BCUT2D eigenvalue weighted by Gasteiger charge is 2.28. The number of amides is 1. The zero-order chi connectivity index (χ0) is 24.2. The molecule has 0 aliphatic heterocycles. The second kappa shape index (κ2) is 10.1. The van der Waals surface area contributed by atoms with Crippen LogP contribution in [0, 0.1) is 6.92 Å². The van der Waals surface area contributed by atoms with Crippen molar-refractivity contribution in [3.63, 3.8) is 0 Å². The Kier molecular flexibility index (Phi) is 7.40. The van der Waals surface area contributed by atoms with Crippen molar-refractivity contribution in [3.05, 3.63) is 94.5 Å². The van der Waals surface area contributed by atoms with Crippen LogP contribution >= 0.6 is 11.6 Å². The fourth-order valence-corrected chi connectivity index (χ4v) is 4.31. The Balaban J connectivity index is 1.91. The molecule has 0 saturated carbocycles. The SMILES string of the molecule is Cc1cccc(NS(=O)(=O)c2ccc(Cl)c(C(=O)O[C@H](C(=O)N(C)C)c3ccccc3)c2)c1. The van der Waals surface area contributed by atoms with Crippen LogP contribution in [0.25, 0.3) is 0 Å². The number of nitrogens with zero attached hydrogens (tertiary/aromatic N) is 1. The molecule has 0 fully saturated rings. The molecular formula is C24H23ClN2O5S. The number of nitrogens with one attached hydrogen (secondary N) is 1. The van der Waals surface area contributed by atoms with Gasteiger partial charge in [0.1, 0.15) is 0 Å². The fraction of sp³-hybridized carbons (Fsp3) is 0.167. The van der Waals surface area contributed by atoms with Crippen molar-refractivity contribution in [2.75, 3.05) is 18.8 Å². The zero-order valence-corrected chi connectivity index (χ0v) is 19.9. The number of carbonyl (C=O) groups is 2. The van der Waals surface area contributed by atoms with Gasteiger partial charge >= 0.3 is 5.97 Å². The van der Waals surface area contributed by atoms with Crippen LogP contribution in [0.4, 0.5) is 5.69 Å². The molecule has 0 saturated heterocycles. The minimum Gasteiger partial charge on any atom is -0.444 e. The molecule has 0 aromatic heterocycles. The van der Waals surface area contributed by atoms with Gasteiger partial charge in [-0.25, -0.2) is 13.2 Å². The molecule has 3 aromatic rings. The molecule has 0 aliphatic carbocycles. The first kappa shape index (κ1) is 24.3. The summed E-state index contributed by atoms with van der Waals surface area (Å²) >= 11 is 6.18. The molecular weight excluding hydrogens is 464 g/mol. The minimum atomic E-state index is -4.00. The third-order valence-corrected chi connectivity index (χ3v) is 6.44. The van der Waals surface area contributed by atoms with E-state index in [1.165, 1.54) is 17.0 Å². The van der Waals surface area contributed by atoms with Gasteiger partial charge in [0, 0.05) is 25.3 Å². The number of aryl methyl sites for hydroxylation is 1. The topological polar surface area (TPSA) is 92.8 Å². The molecule has 3 rings (SSSR count). The lowest BCUT2D eigenvalue weighted by Crippen LogP contribution is -2.31. The summed E-state index contributed by atoms with van der Waals surface area (Å²) in [6.45, 7) is 1.84. The number of halogens is 1. The van der Waals surface area contributed by atoms with Crippen LogP contribution in [-0.4, -0.2) is 39.3 Å². The Hall–Kier alpha value is -3.36. The monoisotopic (exact) mass is 486 g/mol. The maximum atomic E-state index is 13.0. The van der Waals surface area contributed by atoms with E-state index in [4.69, 9.17) is 16.3 Å². The molecule has 1 amide bonds. The molecule has 0 radical (unpaired) electrons. The number of esters is 1. The maximum absolute atomic E-state index is 13.0. The van der Waals surface area contributed by atoms with Crippen molar-refractivity contribution in [2.45, 2.75) is 17.9 Å². The number of likely N-dealkylation sites (N-methyl/N-ethyl adjacent to an activating group) is 1. The molecule has 0 heterocycles. The first-order valence-electron chi connectivity index (χ1n) is 9.94. The van der Waals surface area contributed by atoms with E-state index in [-0.39, 0.29) is 15.5 Å². The second-order valence-electron chi connectivity index (χ2n) is 7.55. The largest absolute Gasteiger partial charge is 0.444 e. The molecule has 7 nitrogen and oxygen atoms in total. The molecule has 1 atom stereocenters. The average Bonchev–Trinajstić information content (AvgIpc) is 2.77. The maximum Gasteiger partial charge on any atom is 0.340 e. The molecule has 0 unspecified atom stereocenters. The van der Waals surface area contributed by atoms with E-state index in [0.717, 1.165) is 11.6 Å². The molecule has 0 spiro atoms. The van der Waals surface area contributed by atoms with E-state index >= 15 is 0 Å². The average molecular weight is 487 g/mol. The summed E-state index contributed by atoms with van der Waals surface area (Å²) in [5.74, 6) is -1.37. The van der Waals surface area contributed by atoms with Gasteiger partial charge in [-0.1, -0.05) is 54.1 Å². The first-order valence-corrected chi connectivity index (χ1v) is 11.8. The summed E-state index contributed by atoms with van der Waals surface area (Å²) in [5, 5.41) is -0.00128. The van der Waals surface area contributed by atoms with Crippen LogP contribution in [-0.2, 0) is 19.6 Å². The van der Waals surface area contributed by atoms with Gasteiger partial charge in [-0.05, 0) is 42.8 Å². The summed E-state index contributed by atoms with van der Waals surface area (Å²) in [7, 11) is -0.915. The summed E-state index contributed by atoms with van der Waals surface area (Å²) in [6, 6.07) is 19.1. The van der Waals surface area contributed by atoms with Gasteiger partial charge in [0.25, 0.3) is 15.9 Å². The van der Waals surface area contributed by atoms with E-state index in [1.54, 1.807) is 62.6 Å². The number of sulfonamides is 1. The molecule has 33 heavy (non-hydrogen) atoms. The summed E-state index contributed by atoms with van der Waals surface area (Å²) in [4.78, 5) is 26.8. The van der Waals surface area contributed by atoms with Crippen LogP contribution in [0.5, 0.6) is 0 Å². The Labute approximate surface area is 198 Å². The van der Waals surface area contributed by atoms with E-state index in [9.17, 15) is 18.0 Å². The molecule has 1 N–H and O–H groups in total. The highest BCUT2D eigenvalue weighted by atomic mass is 35.5. The van der Waals surface area contributed by atoms with E-state index in [1.807, 2.05) is 13.0 Å². The number of hydrogen-bond donors (Lipinski definition) is 1. The van der Waals surface area contributed by atoms with Crippen molar-refractivity contribution >= 4 is 39.2 Å². The quantitative estimate of drug-likeness (QED) is 0.498. The number of anilines is 1. The van der Waals surface area contributed by atoms with Crippen molar-refractivity contribution in [3.8, 4) is 0 Å². The Bertz CT molecular complexity index is 1280. The van der Waals surface area contributed by atoms with Crippen LogP contribution in [0.3, 0.4) is 0 Å². The third kappa shape index (κ3) is 5.91. The molecule has 3 aromatic carbocycles. The first-order chi connectivity index (χ1) is 15.6. The summed E-state index contributed by atoms with van der Waals surface area (Å²) < 4.78 is 33.7. The van der Waals surface area contributed by atoms with Gasteiger partial charge in [0.2, 0.25) is 6.10 Å². The summed E-state index contributed by atoms with van der Waals surface area (Å²) in [6.07, 6.45) is -1.21. The van der Waals surface area contributed by atoms with Gasteiger partial charge in [0.15, 0.2) is 0 Å². The molecule has 0 aliphatic rings. The summed E-state index contributed by atoms with van der Waals surface area (Å²) in [5.41, 5.74) is 1.57.